The number of benzene rings is 3. The van der Waals surface area contributed by atoms with E-state index in [1.54, 1.807) is 25.1 Å². The molecule has 0 saturated heterocycles. The number of rotatable bonds is 6. The van der Waals surface area contributed by atoms with Crippen molar-refractivity contribution >= 4 is 21.6 Å². The van der Waals surface area contributed by atoms with E-state index < -0.39 is 33.8 Å². The van der Waals surface area contributed by atoms with Crippen molar-refractivity contribution < 1.29 is 35.9 Å². The van der Waals surface area contributed by atoms with Crippen molar-refractivity contribution in [2.45, 2.75) is 30.6 Å². The molecule has 1 heterocycles. The maximum Gasteiger partial charge on any atom is 0.416 e. The van der Waals surface area contributed by atoms with Crippen LogP contribution in [0.5, 0.6) is 11.5 Å². The number of nitrogens with one attached hydrogen (secondary N) is 1. The Balaban J connectivity index is 1.59. The topological polar surface area (TPSA) is 84.9 Å². The highest BCUT2D eigenvalue weighted by atomic mass is 32.2. The molecule has 3 aromatic rings. The number of carbonyl (C=O) groups is 1. The van der Waals surface area contributed by atoms with E-state index in [0.29, 0.717) is 5.75 Å². The quantitative estimate of drug-likeness (QED) is 0.524. The van der Waals surface area contributed by atoms with Gasteiger partial charge >= 0.3 is 6.18 Å². The molecular weight excluding hydrogens is 497 g/mol. The second kappa shape index (κ2) is 9.73. The first-order chi connectivity index (χ1) is 17.0. The zero-order chi connectivity index (χ0) is 26.1. The number of carbonyl (C=O) groups excluding carboxylic acids is 1. The van der Waals surface area contributed by atoms with Crippen LogP contribution in [0.2, 0.25) is 0 Å². The molecule has 36 heavy (non-hydrogen) atoms. The maximum atomic E-state index is 13.5. The van der Waals surface area contributed by atoms with Gasteiger partial charge in [-0.25, -0.2) is 8.42 Å². The Morgan fingerprint density at radius 3 is 2.50 bits per heavy atom. The van der Waals surface area contributed by atoms with Crippen LogP contribution in [0.1, 0.15) is 16.7 Å². The van der Waals surface area contributed by atoms with Crippen molar-refractivity contribution in [2.75, 3.05) is 18.0 Å². The van der Waals surface area contributed by atoms with Crippen molar-refractivity contribution in [1.82, 2.24) is 5.32 Å². The molecule has 0 saturated carbocycles. The summed E-state index contributed by atoms with van der Waals surface area (Å²) in [7, 11) is -2.61. The summed E-state index contributed by atoms with van der Waals surface area (Å²) in [5.74, 6) is 0.0332. The summed E-state index contributed by atoms with van der Waals surface area (Å²) in [6.45, 7) is 1.29. The Labute approximate surface area is 206 Å². The SMILES string of the molecule is COc1ccc(S(=O)(=O)N2C[C@@H](C(=O)NCc3cccc(C(F)(F)F)c3)Oc3cc(C)ccc32)cc1. The molecule has 3 aromatic carbocycles. The summed E-state index contributed by atoms with van der Waals surface area (Å²) in [4.78, 5) is 12.9. The predicted octanol–water partition coefficient (Wildman–Crippen LogP) is 4.30. The summed E-state index contributed by atoms with van der Waals surface area (Å²) in [6, 6.07) is 15.4. The van der Waals surface area contributed by atoms with E-state index in [1.165, 1.54) is 43.5 Å². The van der Waals surface area contributed by atoms with Crippen LogP contribution in [-0.4, -0.2) is 34.1 Å². The number of nitrogens with zero attached hydrogens (tertiary/aromatic N) is 1. The highest BCUT2D eigenvalue weighted by molar-refractivity contribution is 7.92. The molecule has 0 radical (unpaired) electrons. The summed E-state index contributed by atoms with van der Waals surface area (Å²) >= 11 is 0. The van der Waals surface area contributed by atoms with Gasteiger partial charge in [-0.05, 0) is 66.6 Å². The normalized spacial score (nSPS) is 15.6. The van der Waals surface area contributed by atoms with E-state index in [2.05, 4.69) is 5.32 Å². The molecule has 1 aliphatic heterocycles. The number of hydrogen-bond donors (Lipinski definition) is 1. The first kappa shape index (κ1) is 25.4. The van der Waals surface area contributed by atoms with Crippen LogP contribution in [-0.2, 0) is 27.5 Å². The highest BCUT2D eigenvalue weighted by Crippen LogP contribution is 2.38. The largest absolute Gasteiger partial charge is 0.497 e. The molecule has 0 unspecified atom stereocenters. The molecule has 190 valence electrons. The molecule has 1 amide bonds. The lowest BCUT2D eigenvalue weighted by atomic mass is 10.1. The molecule has 0 fully saturated rings. The smallest absolute Gasteiger partial charge is 0.416 e. The average molecular weight is 521 g/mol. The molecule has 0 bridgehead atoms. The van der Waals surface area contributed by atoms with E-state index in [-0.39, 0.29) is 35.0 Å². The Bertz CT molecular complexity index is 1380. The fraction of sp³-hybridized carbons (Fsp3) is 0.240. The first-order valence-electron chi connectivity index (χ1n) is 10.9. The summed E-state index contributed by atoms with van der Waals surface area (Å²) in [5, 5.41) is 2.55. The Morgan fingerprint density at radius 2 is 1.83 bits per heavy atom. The van der Waals surface area contributed by atoms with Gasteiger partial charge in [-0.1, -0.05) is 18.2 Å². The number of aryl methyl sites for hydroxylation is 1. The number of sulfonamides is 1. The van der Waals surface area contributed by atoms with Crippen molar-refractivity contribution in [3.63, 3.8) is 0 Å². The maximum absolute atomic E-state index is 13.5. The molecule has 0 aromatic heterocycles. The van der Waals surface area contributed by atoms with Gasteiger partial charge in [0, 0.05) is 6.54 Å². The number of ether oxygens (including phenoxy) is 2. The van der Waals surface area contributed by atoms with Crippen molar-refractivity contribution in [3.05, 3.63) is 83.4 Å². The van der Waals surface area contributed by atoms with Crippen LogP contribution in [0.3, 0.4) is 0 Å². The van der Waals surface area contributed by atoms with Gasteiger partial charge < -0.3 is 14.8 Å². The fourth-order valence-corrected chi connectivity index (χ4v) is 5.24. The standard InChI is InChI=1S/C25H23F3N2O5S/c1-16-6-11-21-22(12-16)35-23(15-30(21)36(32,33)20-9-7-19(34-2)8-10-20)24(31)29-14-17-4-3-5-18(13-17)25(26,27)28/h3-13,23H,14-15H2,1-2H3,(H,29,31)/t23-/m0/s1. The summed E-state index contributed by atoms with van der Waals surface area (Å²) in [5.41, 5.74) is 0.483. The fourth-order valence-electron chi connectivity index (χ4n) is 3.76. The second-order valence-electron chi connectivity index (χ2n) is 8.21. The molecule has 11 heteroatoms. The molecule has 1 atom stereocenters. The number of anilines is 1. The molecule has 1 N–H and O–H groups in total. The predicted molar refractivity (Wildman–Crippen MR) is 126 cm³/mol. The Morgan fingerprint density at radius 1 is 1.11 bits per heavy atom. The number of halogens is 3. The van der Waals surface area contributed by atoms with Crippen molar-refractivity contribution in [2.24, 2.45) is 0 Å². The summed E-state index contributed by atoms with van der Waals surface area (Å²) < 4.78 is 78.0. The van der Waals surface area contributed by atoms with Gasteiger partial charge in [-0.3, -0.25) is 9.10 Å². The molecule has 7 nitrogen and oxygen atoms in total. The van der Waals surface area contributed by atoms with E-state index in [9.17, 15) is 26.4 Å². The van der Waals surface area contributed by atoms with E-state index in [1.807, 2.05) is 0 Å². The molecule has 4 rings (SSSR count). The van der Waals surface area contributed by atoms with Crippen molar-refractivity contribution in [1.29, 1.82) is 0 Å². The van der Waals surface area contributed by atoms with Crippen LogP contribution in [0, 0.1) is 6.92 Å². The van der Waals surface area contributed by atoms with Gasteiger partial charge in [-0.2, -0.15) is 13.2 Å². The number of alkyl halides is 3. The van der Waals surface area contributed by atoms with Crippen LogP contribution in [0.25, 0.3) is 0 Å². The zero-order valence-electron chi connectivity index (χ0n) is 19.4. The van der Waals surface area contributed by atoms with Crippen molar-refractivity contribution in [3.8, 4) is 11.5 Å². The lowest BCUT2D eigenvalue weighted by molar-refractivity contribution is -0.137. The number of amides is 1. The van der Waals surface area contributed by atoms with Gasteiger partial charge in [-0.15, -0.1) is 0 Å². The van der Waals surface area contributed by atoms with Crippen LogP contribution >= 0.6 is 0 Å². The number of hydrogen-bond acceptors (Lipinski definition) is 5. The number of methoxy groups -OCH3 is 1. The second-order valence-corrected chi connectivity index (χ2v) is 10.1. The third kappa shape index (κ3) is 5.25. The monoisotopic (exact) mass is 520 g/mol. The van der Waals surface area contributed by atoms with E-state index >= 15 is 0 Å². The lowest BCUT2D eigenvalue weighted by Crippen LogP contribution is -2.50. The molecule has 0 spiro atoms. The van der Waals surface area contributed by atoms with Crippen LogP contribution in [0.4, 0.5) is 18.9 Å². The molecule has 1 aliphatic rings. The third-order valence-electron chi connectivity index (χ3n) is 5.65. The van der Waals surface area contributed by atoms with E-state index in [4.69, 9.17) is 9.47 Å². The zero-order valence-corrected chi connectivity index (χ0v) is 20.2. The van der Waals surface area contributed by atoms with Gasteiger partial charge in [0.15, 0.2) is 6.10 Å². The third-order valence-corrected chi connectivity index (χ3v) is 7.44. The first-order valence-corrected chi connectivity index (χ1v) is 12.3. The van der Waals surface area contributed by atoms with Gasteiger partial charge in [0.05, 0.1) is 29.8 Å². The van der Waals surface area contributed by atoms with Crippen LogP contribution in [0.15, 0.2) is 71.6 Å². The van der Waals surface area contributed by atoms with Gasteiger partial charge in [0.25, 0.3) is 15.9 Å². The Kier molecular flexibility index (Phi) is 6.85. The number of fused-ring (bicyclic) bond motifs is 1. The van der Waals surface area contributed by atoms with E-state index in [0.717, 1.165) is 22.0 Å². The minimum Gasteiger partial charge on any atom is -0.497 e. The van der Waals surface area contributed by atoms with Gasteiger partial charge in [0.1, 0.15) is 11.5 Å². The Hall–Kier alpha value is -3.73. The lowest BCUT2D eigenvalue weighted by Gasteiger charge is -2.35. The average Bonchev–Trinajstić information content (AvgIpc) is 2.86. The minimum atomic E-state index is -4.51. The summed E-state index contributed by atoms with van der Waals surface area (Å²) in [6.07, 6.45) is -5.73. The minimum absolute atomic E-state index is 0.000140. The molecular formula is C25H23F3N2O5S. The van der Waals surface area contributed by atoms with Gasteiger partial charge in [0.2, 0.25) is 0 Å². The molecule has 0 aliphatic carbocycles. The highest BCUT2D eigenvalue weighted by Gasteiger charge is 2.37. The van der Waals surface area contributed by atoms with Crippen LogP contribution < -0.4 is 19.1 Å².